The highest BCUT2D eigenvalue weighted by Gasteiger charge is 2.06. The smallest absolute Gasteiger partial charge is 0.119 e. The lowest BCUT2D eigenvalue weighted by atomic mass is 10.1. The summed E-state index contributed by atoms with van der Waals surface area (Å²) in [6.07, 6.45) is 2.79. The van der Waals surface area contributed by atoms with Gasteiger partial charge in [0.15, 0.2) is 0 Å². The van der Waals surface area contributed by atoms with Gasteiger partial charge in [0.25, 0.3) is 0 Å². The Morgan fingerprint density at radius 2 is 1.89 bits per heavy atom. The molecule has 0 aliphatic carbocycles. The zero-order valence-corrected chi connectivity index (χ0v) is 10.8. The summed E-state index contributed by atoms with van der Waals surface area (Å²) in [7, 11) is 0. The van der Waals surface area contributed by atoms with Crippen LogP contribution in [0.15, 0.2) is 36.5 Å². The van der Waals surface area contributed by atoms with Crippen molar-refractivity contribution in [3.05, 3.63) is 42.1 Å². The van der Waals surface area contributed by atoms with Crippen LogP contribution in [0.1, 0.15) is 18.9 Å². The summed E-state index contributed by atoms with van der Waals surface area (Å²) in [4.78, 5) is 4.34. The fourth-order valence-corrected chi connectivity index (χ4v) is 1.73. The zero-order valence-electron chi connectivity index (χ0n) is 10.8. The van der Waals surface area contributed by atoms with Crippen LogP contribution >= 0.6 is 0 Å². The first-order valence-corrected chi connectivity index (χ1v) is 6.16. The molecule has 0 atom stereocenters. The fraction of sp³-hybridized carbons (Fsp3) is 0.267. The number of pyridine rings is 1. The van der Waals surface area contributed by atoms with Crippen LogP contribution in [0.25, 0.3) is 11.3 Å². The molecule has 0 amide bonds. The molecule has 3 nitrogen and oxygen atoms in total. The second-order valence-electron chi connectivity index (χ2n) is 4.26. The lowest BCUT2D eigenvalue weighted by Crippen LogP contribution is -1.97. The van der Waals surface area contributed by atoms with E-state index in [2.05, 4.69) is 11.9 Å². The molecule has 2 aromatic rings. The number of hydrogen-bond acceptors (Lipinski definition) is 3. The maximum absolute atomic E-state index is 6.04. The Morgan fingerprint density at radius 3 is 2.56 bits per heavy atom. The maximum Gasteiger partial charge on any atom is 0.119 e. The highest BCUT2D eigenvalue weighted by atomic mass is 16.5. The molecule has 0 bridgehead atoms. The molecule has 0 aliphatic heterocycles. The molecule has 2 N–H and O–H groups in total. The van der Waals surface area contributed by atoms with Crippen molar-refractivity contribution in [2.45, 2.75) is 20.3 Å². The van der Waals surface area contributed by atoms with E-state index in [1.165, 1.54) is 0 Å². The van der Waals surface area contributed by atoms with Crippen LogP contribution in [0.2, 0.25) is 0 Å². The van der Waals surface area contributed by atoms with E-state index in [-0.39, 0.29) is 0 Å². The van der Waals surface area contributed by atoms with Crippen molar-refractivity contribution in [2.24, 2.45) is 0 Å². The van der Waals surface area contributed by atoms with E-state index in [9.17, 15) is 0 Å². The quantitative estimate of drug-likeness (QED) is 0.893. The number of nitrogens with two attached hydrogens (primary N) is 1. The molecule has 1 aromatic heterocycles. The second kappa shape index (κ2) is 5.54. The maximum atomic E-state index is 6.04. The van der Waals surface area contributed by atoms with Gasteiger partial charge in [-0.1, -0.05) is 6.92 Å². The number of aromatic nitrogens is 1. The van der Waals surface area contributed by atoms with Crippen LogP contribution < -0.4 is 10.5 Å². The third kappa shape index (κ3) is 2.62. The summed E-state index contributed by atoms with van der Waals surface area (Å²) in [6.45, 7) is 4.81. The van der Waals surface area contributed by atoms with Crippen molar-refractivity contribution >= 4 is 5.69 Å². The van der Waals surface area contributed by atoms with E-state index < -0.39 is 0 Å². The summed E-state index contributed by atoms with van der Waals surface area (Å²) in [6, 6.07) is 9.80. The average Bonchev–Trinajstić information content (AvgIpc) is 2.40. The van der Waals surface area contributed by atoms with Crippen LogP contribution in [0.5, 0.6) is 5.75 Å². The lowest BCUT2D eigenvalue weighted by Gasteiger charge is -2.08. The topological polar surface area (TPSA) is 48.1 Å². The highest BCUT2D eigenvalue weighted by Crippen LogP contribution is 2.27. The molecule has 0 radical (unpaired) electrons. The van der Waals surface area contributed by atoms with Crippen molar-refractivity contribution in [3.8, 4) is 17.0 Å². The van der Waals surface area contributed by atoms with Crippen molar-refractivity contribution in [3.63, 3.8) is 0 Å². The van der Waals surface area contributed by atoms with E-state index in [1.54, 1.807) is 6.20 Å². The number of nitrogens with zero attached hydrogens (tertiary/aromatic N) is 1. The molecule has 2 rings (SSSR count). The molecule has 3 heteroatoms. The molecule has 0 unspecified atom stereocenters. The van der Waals surface area contributed by atoms with Gasteiger partial charge in [-0.05, 0) is 49.2 Å². The molecule has 18 heavy (non-hydrogen) atoms. The Labute approximate surface area is 108 Å². The minimum atomic E-state index is 0.736. The number of hydrogen-bond donors (Lipinski definition) is 1. The number of aryl methyl sites for hydroxylation is 1. The molecule has 0 saturated carbocycles. The first-order chi connectivity index (χ1) is 8.72. The Morgan fingerprint density at radius 1 is 1.17 bits per heavy atom. The molecule has 0 saturated heterocycles. The number of anilines is 1. The van der Waals surface area contributed by atoms with Gasteiger partial charge in [0.05, 0.1) is 18.0 Å². The second-order valence-corrected chi connectivity index (χ2v) is 4.26. The third-order valence-electron chi connectivity index (χ3n) is 2.81. The summed E-state index contributed by atoms with van der Waals surface area (Å²) < 4.78 is 5.55. The molecule has 0 spiro atoms. The van der Waals surface area contributed by atoms with E-state index in [4.69, 9.17) is 10.5 Å². The molecule has 1 heterocycles. The van der Waals surface area contributed by atoms with Crippen molar-refractivity contribution < 1.29 is 4.74 Å². The van der Waals surface area contributed by atoms with Gasteiger partial charge in [0, 0.05) is 11.8 Å². The number of ether oxygens (including phenoxy) is 1. The van der Waals surface area contributed by atoms with E-state index in [0.717, 1.165) is 41.3 Å². The van der Waals surface area contributed by atoms with Crippen LogP contribution in [0, 0.1) is 6.92 Å². The summed E-state index contributed by atoms with van der Waals surface area (Å²) in [5.74, 6) is 0.881. The van der Waals surface area contributed by atoms with Crippen LogP contribution in [-0.4, -0.2) is 11.6 Å². The van der Waals surface area contributed by atoms with E-state index in [1.807, 2.05) is 37.3 Å². The minimum Gasteiger partial charge on any atom is -0.494 e. The van der Waals surface area contributed by atoms with Gasteiger partial charge in [0.2, 0.25) is 0 Å². The van der Waals surface area contributed by atoms with Gasteiger partial charge in [-0.2, -0.15) is 0 Å². The lowest BCUT2D eigenvalue weighted by molar-refractivity contribution is 0.317. The van der Waals surface area contributed by atoms with Crippen LogP contribution in [0.3, 0.4) is 0 Å². The van der Waals surface area contributed by atoms with Crippen LogP contribution in [-0.2, 0) is 0 Å². The fourth-order valence-electron chi connectivity index (χ4n) is 1.73. The average molecular weight is 242 g/mol. The molecule has 0 aliphatic rings. The van der Waals surface area contributed by atoms with Gasteiger partial charge in [-0.25, -0.2) is 0 Å². The SMILES string of the molecule is CCCOc1ccc(-c2nccc(C)c2N)cc1. The van der Waals surface area contributed by atoms with Gasteiger partial charge < -0.3 is 10.5 Å². The number of rotatable bonds is 4. The Bertz CT molecular complexity index is 521. The number of nitrogen functional groups attached to an aromatic ring is 1. The van der Waals surface area contributed by atoms with Crippen molar-refractivity contribution in [1.82, 2.24) is 4.98 Å². The highest BCUT2D eigenvalue weighted by molar-refractivity contribution is 5.74. The Kier molecular flexibility index (Phi) is 3.82. The van der Waals surface area contributed by atoms with Crippen LogP contribution in [0.4, 0.5) is 5.69 Å². The molecule has 94 valence electrons. The van der Waals surface area contributed by atoms with Gasteiger partial charge >= 0.3 is 0 Å². The standard InChI is InChI=1S/C15H18N2O/c1-3-10-18-13-6-4-12(5-7-13)15-14(16)11(2)8-9-17-15/h4-9H,3,10,16H2,1-2H3. The van der Waals surface area contributed by atoms with Crippen molar-refractivity contribution in [2.75, 3.05) is 12.3 Å². The largest absolute Gasteiger partial charge is 0.494 e. The molecule has 0 fully saturated rings. The minimum absolute atomic E-state index is 0.736. The Hall–Kier alpha value is -2.03. The first-order valence-electron chi connectivity index (χ1n) is 6.16. The predicted octanol–water partition coefficient (Wildman–Crippen LogP) is 3.43. The normalized spacial score (nSPS) is 10.3. The van der Waals surface area contributed by atoms with Gasteiger partial charge in [-0.3, -0.25) is 4.98 Å². The van der Waals surface area contributed by atoms with E-state index in [0.29, 0.717) is 0 Å². The summed E-state index contributed by atoms with van der Waals surface area (Å²) >= 11 is 0. The number of benzene rings is 1. The summed E-state index contributed by atoms with van der Waals surface area (Å²) in [5.41, 5.74) is 9.67. The zero-order chi connectivity index (χ0) is 13.0. The van der Waals surface area contributed by atoms with Gasteiger partial charge in [0.1, 0.15) is 5.75 Å². The van der Waals surface area contributed by atoms with Crippen molar-refractivity contribution in [1.29, 1.82) is 0 Å². The predicted molar refractivity (Wildman–Crippen MR) is 74.6 cm³/mol. The monoisotopic (exact) mass is 242 g/mol. The third-order valence-corrected chi connectivity index (χ3v) is 2.81. The molecular weight excluding hydrogens is 224 g/mol. The van der Waals surface area contributed by atoms with Gasteiger partial charge in [-0.15, -0.1) is 0 Å². The van der Waals surface area contributed by atoms with E-state index >= 15 is 0 Å². The Balaban J connectivity index is 2.26. The summed E-state index contributed by atoms with van der Waals surface area (Å²) in [5, 5.41) is 0. The molecule has 1 aromatic carbocycles. The first kappa shape index (κ1) is 12.4. The molecular formula is C15H18N2O.